The number of alkyl halides is 3. The summed E-state index contributed by atoms with van der Waals surface area (Å²) in [7, 11) is 0. The summed E-state index contributed by atoms with van der Waals surface area (Å²) >= 11 is 6.26. The van der Waals surface area contributed by atoms with Gasteiger partial charge in [0, 0.05) is 11.6 Å². The van der Waals surface area contributed by atoms with Crippen molar-refractivity contribution in [3.05, 3.63) is 74.0 Å². The van der Waals surface area contributed by atoms with Gasteiger partial charge in [0.25, 0.3) is 0 Å². The molecule has 3 aromatic rings. The minimum absolute atomic E-state index is 0.193. The van der Waals surface area contributed by atoms with Crippen LogP contribution in [0.4, 0.5) is 18.9 Å². The summed E-state index contributed by atoms with van der Waals surface area (Å²) in [6, 6.07) is 6.50. The molecule has 0 unspecified atom stereocenters. The SMILES string of the molecule is Cc1onc(-c2ccc(CC(=O)O)cc2Cl)c1COc1ccc(C(F)(F)F)cc1[N+](=O)[O-]. The van der Waals surface area contributed by atoms with E-state index in [-0.39, 0.29) is 29.5 Å². The van der Waals surface area contributed by atoms with E-state index in [4.69, 9.17) is 26.0 Å². The number of ether oxygens (including phenoxy) is 1. The van der Waals surface area contributed by atoms with Gasteiger partial charge in [0.2, 0.25) is 0 Å². The third-order valence-corrected chi connectivity index (χ3v) is 4.80. The number of benzene rings is 2. The van der Waals surface area contributed by atoms with Crippen LogP contribution in [0.5, 0.6) is 5.75 Å². The van der Waals surface area contributed by atoms with Crippen LogP contribution in [0.25, 0.3) is 11.3 Å². The zero-order valence-electron chi connectivity index (χ0n) is 16.3. The second-order valence-electron chi connectivity index (χ2n) is 6.68. The van der Waals surface area contributed by atoms with Crippen molar-refractivity contribution in [3.8, 4) is 17.0 Å². The normalized spacial score (nSPS) is 11.4. The number of nitro groups is 1. The van der Waals surface area contributed by atoms with Gasteiger partial charge in [0.05, 0.1) is 27.5 Å². The van der Waals surface area contributed by atoms with Crippen LogP contribution in [-0.4, -0.2) is 21.2 Å². The van der Waals surface area contributed by atoms with Crippen molar-refractivity contribution in [2.24, 2.45) is 0 Å². The summed E-state index contributed by atoms with van der Waals surface area (Å²) in [4.78, 5) is 21.1. The zero-order chi connectivity index (χ0) is 23.6. The first-order chi connectivity index (χ1) is 15.0. The largest absolute Gasteiger partial charge is 0.482 e. The minimum Gasteiger partial charge on any atom is -0.482 e. The Morgan fingerprint density at radius 3 is 2.59 bits per heavy atom. The molecule has 0 radical (unpaired) electrons. The van der Waals surface area contributed by atoms with Gasteiger partial charge in [0.15, 0.2) is 5.75 Å². The molecule has 0 saturated carbocycles. The van der Waals surface area contributed by atoms with Crippen LogP contribution in [0.1, 0.15) is 22.5 Å². The first-order valence-corrected chi connectivity index (χ1v) is 9.29. The van der Waals surface area contributed by atoms with Crippen LogP contribution < -0.4 is 4.74 Å². The van der Waals surface area contributed by atoms with Crippen molar-refractivity contribution in [2.45, 2.75) is 26.1 Å². The number of hydrogen-bond donors (Lipinski definition) is 1. The van der Waals surface area contributed by atoms with Crippen molar-refractivity contribution in [3.63, 3.8) is 0 Å². The van der Waals surface area contributed by atoms with E-state index in [1.165, 1.54) is 6.07 Å². The van der Waals surface area contributed by atoms with Crippen LogP contribution in [-0.2, 0) is 24.0 Å². The fraction of sp³-hybridized carbons (Fsp3) is 0.200. The van der Waals surface area contributed by atoms with E-state index in [2.05, 4.69) is 5.16 Å². The van der Waals surface area contributed by atoms with Gasteiger partial charge in [0.1, 0.15) is 18.1 Å². The molecule has 32 heavy (non-hydrogen) atoms. The van der Waals surface area contributed by atoms with Crippen LogP contribution >= 0.6 is 11.6 Å². The molecule has 0 amide bonds. The molecule has 1 aromatic heterocycles. The number of carboxylic acids is 1. The summed E-state index contributed by atoms with van der Waals surface area (Å²) in [5, 5.41) is 24.2. The predicted octanol–water partition coefficient (Wildman–Crippen LogP) is 5.44. The quantitative estimate of drug-likeness (QED) is 0.361. The molecule has 8 nitrogen and oxygen atoms in total. The fourth-order valence-electron chi connectivity index (χ4n) is 2.92. The Morgan fingerprint density at radius 2 is 2.00 bits per heavy atom. The van der Waals surface area contributed by atoms with E-state index in [1.807, 2.05) is 0 Å². The highest BCUT2D eigenvalue weighted by molar-refractivity contribution is 6.33. The van der Waals surface area contributed by atoms with Crippen molar-refractivity contribution < 1.29 is 37.3 Å². The number of rotatable bonds is 7. The van der Waals surface area contributed by atoms with E-state index in [0.717, 1.165) is 6.07 Å². The van der Waals surface area contributed by atoms with Crippen LogP contribution in [0.15, 0.2) is 40.9 Å². The molecular formula is C20H14ClF3N2O6. The van der Waals surface area contributed by atoms with Gasteiger partial charge in [-0.05, 0) is 30.7 Å². The zero-order valence-corrected chi connectivity index (χ0v) is 17.0. The molecule has 1 N–H and O–H groups in total. The molecule has 0 saturated heterocycles. The monoisotopic (exact) mass is 470 g/mol. The lowest BCUT2D eigenvalue weighted by atomic mass is 10.0. The standard InChI is InChI=1S/C20H14ClF3N2O6/c1-10-14(9-31-17-5-3-12(20(22,23)24)8-16(17)26(29)30)19(25-32-10)13-4-2-11(6-15(13)21)7-18(27)28/h2-6,8H,7,9H2,1H3,(H,27,28). The predicted molar refractivity (Wildman–Crippen MR) is 105 cm³/mol. The molecule has 3 rings (SSSR count). The molecule has 2 aromatic carbocycles. The van der Waals surface area contributed by atoms with Gasteiger partial charge < -0.3 is 14.4 Å². The second kappa shape index (κ2) is 8.87. The number of carbonyl (C=O) groups is 1. The molecular weight excluding hydrogens is 457 g/mol. The van der Waals surface area contributed by atoms with Crippen molar-refractivity contribution >= 4 is 23.3 Å². The third-order valence-electron chi connectivity index (χ3n) is 4.48. The summed E-state index contributed by atoms with van der Waals surface area (Å²) in [5.74, 6) is -1.09. The number of halogens is 4. The van der Waals surface area contributed by atoms with Gasteiger partial charge in [-0.15, -0.1) is 0 Å². The maximum absolute atomic E-state index is 12.9. The Morgan fingerprint density at radius 1 is 1.28 bits per heavy atom. The number of carboxylic acid groups (broad SMARTS) is 1. The molecule has 168 valence electrons. The van der Waals surface area contributed by atoms with Crippen LogP contribution in [0, 0.1) is 17.0 Å². The summed E-state index contributed by atoms with van der Waals surface area (Å²) < 4.78 is 49.2. The smallest absolute Gasteiger partial charge is 0.416 e. The Bertz CT molecular complexity index is 1190. The average Bonchev–Trinajstić information content (AvgIpc) is 3.05. The Balaban J connectivity index is 1.91. The maximum Gasteiger partial charge on any atom is 0.416 e. The van der Waals surface area contributed by atoms with Crippen molar-refractivity contribution in [1.29, 1.82) is 0 Å². The van der Waals surface area contributed by atoms with E-state index >= 15 is 0 Å². The third kappa shape index (κ3) is 4.99. The maximum atomic E-state index is 12.9. The topological polar surface area (TPSA) is 116 Å². The molecule has 0 fully saturated rings. The highest BCUT2D eigenvalue weighted by atomic mass is 35.5. The van der Waals surface area contributed by atoms with E-state index in [9.17, 15) is 28.1 Å². The number of hydrogen-bond acceptors (Lipinski definition) is 6. The number of nitro benzene ring substituents is 1. The Kier molecular flexibility index (Phi) is 6.40. The highest BCUT2D eigenvalue weighted by Crippen LogP contribution is 2.37. The van der Waals surface area contributed by atoms with Crippen LogP contribution in [0.2, 0.25) is 5.02 Å². The summed E-state index contributed by atoms with van der Waals surface area (Å²) in [6.45, 7) is 1.26. The van der Waals surface area contributed by atoms with Gasteiger partial charge in [-0.25, -0.2) is 0 Å². The minimum atomic E-state index is -4.74. The molecule has 0 bridgehead atoms. The number of aryl methyl sites for hydroxylation is 1. The van der Waals surface area contributed by atoms with Crippen molar-refractivity contribution in [2.75, 3.05) is 0 Å². The first-order valence-electron chi connectivity index (χ1n) is 8.91. The number of aliphatic carboxylic acids is 1. The Hall–Kier alpha value is -3.60. The van der Waals surface area contributed by atoms with E-state index < -0.39 is 28.3 Å². The highest BCUT2D eigenvalue weighted by Gasteiger charge is 2.33. The van der Waals surface area contributed by atoms with Gasteiger partial charge in [-0.2, -0.15) is 13.2 Å². The van der Waals surface area contributed by atoms with Gasteiger partial charge in [-0.3, -0.25) is 14.9 Å². The lowest BCUT2D eigenvalue weighted by molar-refractivity contribution is -0.386. The molecule has 0 aliphatic carbocycles. The number of nitrogens with zero attached hydrogens (tertiary/aromatic N) is 2. The molecule has 12 heteroatoms. The summed E-state index contributed by atoms with van der Waals surface area (Å²) in [5.41, 5.74) is -0.531. The molecule has 0 spiro atoms. The molecule has 1 heterocycles. The van der Waals surface area contributed by atoms with E-state index in [0.29, 0.717) is 34.6 Å². The van der Waals surface area contributed by atoms with Crippen LogP contribution in [0.3, 0.4) is 0 Å². The molecule has 0 aliphatic rings. The van der Waals surface area contributed by atoms with Crippen molar-refractivity contribution in [1.82, 2.24) is 5.16 Å². The van der Waals surface area contributed by atoms with Gasteiger partial charge >= 0.3 is 17.8 Å². The molecule has 0 aliphatic heterocycles. The fourth-order valence-corrected chi connectivity index (χ4v) is 3.21. The first kappa shape index (κ1) is 23.1. The lowest BCUT2D eigenvalue weighted by Crippen LogP contribution is -2.07. The van der Waals surface area contributed by atoms with E-state index in [1.54, 1.807) is 19.1 Å². The second-order valence-corrected chi connectivity index (χ2v) is 7.08. The van der Waals surface area contributed by atoms with Gasteiger partial charge in [-0.1, -0.05) is 28.9 Å². The molecule has 0 atom stereocenters. The number of aromatic nitrogens is 1. The average molecular weight is 471 g/mol. The lowest BCUT2D eigenvalue weighted by Gasteiger charge is -2.11. The summed E-state index contributed by atoms with van der Waals surface area (Å²) in [6.07, 6.45) is -4.98. The Labute approximate surface area is 183 Å².